The third kappa shape index (κ3) is 4.19. The molecule has 1 nitrogen and oxygen atoms in total. The second-order valence-corrected chi connectivity index (χ2v) is 10.2. The number of hydrogen-bond acceptors (Lipinski definition) is 1. The van der Waals surface area contributed by atoms with Gasteiger partial charge in [-0.05, 0) is 140 Å². The molecule has 21 heavy (non-hydrogen) atoms. The molecule has 0 fully saturated rings. The molecule has 0 atom stereocenters. The van der Waals surface area contributed by atoms with Gasteiger partial charge in [0.15, 0.2) is 5.75 Å². The number of benzene rings is 2. The molecule has 0 aliphatic carbocycles. The molecule has 0 N–H and O–H groups in total. The Hall–Kier alpha value is 2.08. The summed E-state index contributed by atoms with van der Waals surface area (Å²) in [5, 5.41) is 0. The van der Waals surface area contributed by atoms with E-state index in [9.17, 15) is 0 Å². The molecule has 2 aromatic carbocycles. The van der Waals surface area contributed by atoms with Crippen LogP contribution in [0.15, 0.2) is 47.9 Å². The summed E-state index contributed by atoms with van der Waals surface area (Å²) in [6.07, 6.45) is 0. The van der Waals surface area contributed by atoms with E-state index in [1.165, 1.54) is 0 Å². The normalized spacial score (nSPS) is 10.9. The molecular formula is C12H2Br8O. The van der Waals surface area contributed by atoms with Crippen LogP contribution < -0.4 is 4.74 Å². The predicted octanol–water partition coefficient (Wildman–Crippen LogP) is 9.58. The van der Waals surface area contributed by atoms with Gasteiger partial charge in [-0.25, -0.2) is 0 Å². The van der Waals surface area contributed by atoms with E-state index in [0.717, 1.165) is 35.8 Å². The van der Waals surface area contributed by atoms with Gasteiger partial charge in [0.25, 0.3) is 0 Å². The second kappa shape index (κ2) is 7.97. The molecule has 0 heterocycles. The molecule has 0 aromatic heterocycles. The quantitative estimate of drug-likeness (QED) is 0.217. The molecule has 0 amide bonds. The smallest absolute Gasteiger partial charge is 0.158 e. The van der Waals surface area contributed by atoms with Crippen molar-refractivity contribution >= 4 is 127 Å². The van der Waals surface area contributed by atoms with Gasteiger partial charge in [0, 0.05) is 17.9 Å². The molecule has 2 rings (SSSR count). The highest BCUT2D eigenvalue weighted by atomic mass is 79.9. The Morgan fingerprint density at radius 3 is 1.52 bits per heavy atom. The summed E-state index contributed by atoms with van der Waals surface area (Å²) >= 11 is 28.1. The van der Waals surface area contributed by atoms with Crippen molar-refractivity contribution in [3.8, 4) is 11.5 Å². The van der Waals surface area contributed by atoms with Crippen LogP contribution in [0, 0.1) is 0 Å². The highest BCUT2D eigenvalue weighted by Crippen LogP contribution is 2.49. The van der Waals surface area contributed by atoms with Gasteiger partial charge in [0.1, 0.15) is 5.75 Å². The van der Waals surface area contributed by atoms with Crippen molar-refractivity contribution in [3.05, 3.63) is 47.9 Å². The predicted molar refractivity (Wildman–Crippen MR) is 115 cm³/mol. The Bertz CT molecular complexity index is 702. The lowest BCUT2D eigenvalue weighted by molar-refractivity contribution is 0.472. The minimum Gasteiger partial charge on any atom is -0.454 e. The lowest BCUT2D eigenvalue weighted by Gasteiger charge is -2.15. The van der Waals surface area contributed by atoms with Crippen molar-refractivity contribution in [1.82, 2.24) is 0 Å². The molecule has 2 aromatic rings. The molecule has 0 radical (unpaired) electrons. The Kier molecular flexibility index (Phi) is 7.37. The molecule has 0 aliphatic heterocycles. The zero-order valence-corrected chi connectivity index (χ0v) is 22.3. The Balaban J connectivity index is 2.59. The van der Waals surface area contributed by atoms with Crippen LogP contribution in [0.5, 0.6) is 11.5 Å². The summed E-state index contributed by atoms with van der Waals surface area (Å²) in [5.41, 5.74) is 0. The van der Waals surface area contributed by atoms with Crippen molar-refractivity contribution in [2.45, 2.75) is 0 Å². The topological polar surface area (TPSA) is 9.23 Å². The van der Waals surface area contributed by atoms with Gasteiger partial charge >= 0.3 is 0 Å². The minimum absolute atomic E-state index is 0.665. The maximum atomic E-state index is 6.07. The SMILES string of the molecule is Brc1cc(Oc2c(Br)c(Br)cc(Br)c2Br)c(Br)c(Br)c1Br. The van der Waals surface area contributed by atoms with E-state index >= 15 is 0 Å². The van der Waals surface area contributed by atoms with Crippen LogP contribution in [0.1, 0.15) is 0 Å². The van der Waals surface area contributed by atoms with E-state index in [4.69, 9.17) is 4.74 Å². The van der Waals surface area contributed by atoms with Crippen LogP contribution in [0.2, 0.25) is 0 Å². The average molecular weight is 801 g/mol. The monoisotopic (exact) mass is 793 g/mol. The number of ether oxygens (including phenoxy) is 1. The number of halogens is 8. The molecule has 0 spiro atoms. The van der Waals surface area contributed by atoms with Gasteiger partial charge in [-0.2, -0.15) is 0 Å². The third-order valence-electron chi connectivity index (χ3n) is 2.35. The van der Waals surface area contributed by atoms with E-state index in [-0.39, 0.29) is 0 Å². The van der Waals surface area contributed by atoms with Gasteiger partial charge in [-0.3, -0.25) is 0 Å². The van der Waals surface area contributed by atoms with Gasteiger partial charge in [0.05, 0.1) is 17.9 Å². The van der Waals surface area contributed by atoms with Crippen molar-refractivity contribution in [2.24, 2.45) is 0 Å². The zero-order chi connectivity index (χ0) is 15.9. The van der Waals surface area contributed by atoms with Crippen LogP contribution in [-0.2, 0) is 0 Å². The summed E-state index contributed by atoms with van der Waals surface area (Å²) < 4.78 is 13.0. The first kappa shape index (κ1) is 19.4. The van der Waals surface area contributed by atoms with Crippen molar-refractivity contribution < 1.29 is 4.74 Å². The van der Waals surface area contributed by atoms with Gasteiger partial charge in [-0.1, -0.05) is 0 Å². The lowest BCUT2D eigenvalue weighted by Crippen LogP contribution is -1.92. The van der Waals surface area contributed by atoms with Crippen LogP contribution in [0.4, 0.5) is 0 Å². The number of rotatable bonds is 2. The van der Waals surface area contributed by atoms with E-state index in [1.807, 2.05) is 12.1 Å². The van der Waals surface area contributed by atoms with Crippen LogP contribution >= 0.6 is 127 Å². The van der Waals surface area contributed by atoms with Crippen LogP contribution in [0.25, 0.3) is 0 Å². The fraction of sp³-hybridized carbons (Fsp3) is 0. The first-order valence-electron chi connectivity index (χ1n) is 5.07. The summed E-state index contributed by atoms with van der Waals surface area (Å²) in [4.78, 5) is 0. The molecule has 112 valence electrons. The van der Waals surface area contributed by atoms with Crippen molar-refractivity contribution in [2.75, 3.05) is 0 Å². The van der Waals surface area contributed by atoms with Crippen molar-refractivity contribution in [3.63, 3.8) is 0 Å². The maximum absolute atomic E-state index is 6.07. The summed E-state index contributed by atoms with van der Waals surface area (Å²) in [6, 6.07) is 3.82. The minimum atomic E-state index is 0.665. The highest BCUT2D eigenvalue weighted by Gasteiger charge is 2.19. The summed E-state index contributed by atoms with van der Waals surface area (Å²) in [7, 11) is 0. The summed E-state index contributed by atoms with van der Waals surface area (Å²) in [6.45, 7) is 0. The highest BCUT2D eigenvalue weighted by molar-refractivity contribution is 9.15. The molecule has 0 unspecified atom stereocenters. The third-order valence-corrected chi connectivity index (χ3v) is 10.9. The van der Waals surface area contributed by atoms with E-state index in [2.05, 4.69) is 127 Å². The zero-order valence-electron chi connectivity index (χ0n) is 9.59. The molecular weight excluding hydrogens is 799 g/mol. The Morgan fingerprint density at radius 1 is 0.524 bits per heavy atom. The Labute approximate surface area is 189 Å². The van der Waals surface area contributed by atoms with Crippen molar-refractivity contribution in [1.29, 1.82) is 0 Å². The summed E-state index contributed by atoms with van der Waals surface area (Å²) in [5.74, 6) is 1.33. The first-order valence-corrected chi connectivity index (χ1v) is 11.4. The lowest BCUT2D eigenvalue weighted by atomic mass is 10.3. The average Bonchev–Trinajstić information content (AvgIpc) is 2.44. The van der Waals surface area contributed by atoms with Gasteiger partial charge in [-0.15, -0.1) is 0 Å². The largest absolute Gasteiger partial charge is 0.454 e. The van der Waals surface area contributed by atoms with Crippen LogP contribution in [0.3, 0.4) is 0 Å². The number of hydrogen-bond donors (Lipinski definition) is 0. The molecule has 0 bridgehead atoms. The fourth-order valence-electron chi connectivity index (χ4n) is 1.38. The standard InChI is InChI=1S/C12H2Br8O/c13-3-1-4(14)9(18)12(8(3)17)21-6-2-5(15)7(16)11(20)10(6)19/h1-2H. The first-order chi connectivity index (χ1) is 9.73. The van der Waals surface area contributed by atoms with Gasteiger partial charge in [0.2, 0.25) is 0 Å². The Morgan fingerprint density at radius 2 is 1.00 bits per heavy atom. The fourth-order valence-corrected chi connectivity index (χ4v) is 5.61. The van der Waals surface area contributed by atoms with E-state index in [0.29, 0.717) is 11.5 Å². The second-order valence-electron chi connectivity index (χ2n) is 3.70. The van der Waals surface area contributed by atoms with Gasteiger partial charge < -0.3 is 4.74 Å². The van der Waals surface area contributed by atoms with Crippen LogP contribution in [-0.4, -0.2) is 0 Å². The van der Waals surface area contributed by atoms with E-state index in [1.54, 1.807) is 0 Å². The molecule has 0 aliphatic rings. The molecule has 0 saturated heterocycles. The molecule has 0 saturated carbocycles. The molecule has 9 heteroatoms. The maximum Gasteiger partial charge on any atom is 0.158 e. The van der Waals surface area contributed by atoms with E-state index < -0.39 is 0 Å².